The highest BCUT2D eigenvalue weighted by Crippen LogP contribution is 2.31. The standard InChI is InChI=1S/C19H17F2NO5/c1-22(10-12-2-5-16-17(8-12)26-7-6-25-16)18(23)11-27-19(24)14-4-3-13(20)9-15(14)21/h2-5,8-9H,6-7,10-11H2,1H3. The zero-order chi connectivity index (χ0) is 19.4. The van der Waals surface area contributed by atoms with Crippen LogP contribution in [0.3, 0.4) is 0 Å². The minimum Gasteiger partial charge on any atom is -0.486 e. The molecule has 1 heterocycles. The number of hydrogen-bond acceptors (Lipinski definition) is 5. The lowest BCUT2D eigenvalue weighted by Gasteiger charge is -2.21. The van der Waals surface area contributed by atoms with Crippen molar-refractivity contribution in [2.45, 2.75) is 6.54 Å². The number of fused-ring (bicyclic) bond motifs is 1. The molecule has 0 radical (unpaired) electrons. The van der Waals surface area contributed by atoms with Crippen molar-refractivity contribution in [3.63, 3.8) is 0 Å². The van der Waals surface area contributed by atoms with Gasteiger partial charge in [-0.15, -0.1) is 0 Å². The largest absolute Gasteiger partial charge is 0.486 e. The van der Waals surface area contributed by atoms with E-state index in [-0.39, 0.29) is 6.54 Å². The molecule has 1 amide bonds. The number of halogens is 2. The SMILES string of the molecule is CN(Cc1ccc2c(c1)OCCO2)C(=O)COC(=O)c1ccc(F)cc1F. The lowest BCUT2D eigenvalue weighted by molar-refractivity contribution is -0.133. The van der Waals surface area contributed by atoms with Crippen molar-refractivity contribution in [2.75, 3.05) is 26.9 Å². The second-order valence-electron chi connectivity index (χ2n) is 5.93. The number of hydrogen-bond donors (Lipinski definition) is 0. The van der Waals surface area contributed by atoms with Gasteiger partial charge in [-0.2, -0.15) is 0 Å². The Hall–Kier alpha value is -3.16. The second-order valence-corrected chi connectivity index (χ2v) is 5.93. The summed E-state index contributed by atoms with van der Waals surface area (Å²) in [6.07, 6.45) is 0. The Bertz CT molecular complexity index is 871. The van der Waals surface area contributed by atoms with Crippen molar-refractivity contribution in [1.82, 2.24) is 4.90 Å². The summed E-state index contributed by atoms with van der Waals surface area (Å²) in [4.78, 5) is 25.3. The van der Waals surface area contributed by atoms with Gasteiger partial charge in [0.05, 0.1) is 5.56 Å². The maximum Gasteiger partial charge on any atom is 0.341 e. The van der Waals surface area contributed by atoms with Crippen molar-refractivity contribution in [1.29, 1.82) is 0 Å². The molecule has 27 heavy (non-hydrogen) atoms. The number of benzene rings is 2. The van der Waals surface area contributed by atoms with Gasteiger partial charge in [-0.3, -0.25) is 4.79 Å². The molecule has 6 nitrogen and oxygen atoms in total. The minimum absolute atomic E-state index is 0.262. The Kier molecular flexibility index (Phi) is 5.54. The zero-order valence-electron chi connectivity index (χ0n) is 14.5. The molecule has 0 aliphatic carbocycles. The van der Waals surface area contributed by atoms with Crippen LogP contribution >= 0.6 is 0 Å². The van der Waals surface area contributed by atoms with Gasteiger partial charge >= 0.3 is 5.97 Å². The van der Waals surface area contributed by atoms with E-state index in [1.54, 1.807) is 25.2 Å². The number of ether oxygens (including phenoxy) is 3. The summed E-state index contributed by atoms with van der Waals surface area (Å²) in [5.41, 5.74) is 0.379. The summed E-state index contributed by atoms with van der Waals surface area (Å²) in [5.74, 6) is -2.10. The van der Waals surface area contributed by atoms with Crippen LogP contribution in [0.1, 0.15) is 15.9 Å². The van der Waals surface area contributed by atoms with Gasteiger partial charge in [0.15, 0.2) is 18.1 Å². The van der Waals surface area contributed by atoms with E-state index in [9.17, 15) is 18.4 Å². The number of carbonyl (C=O) groups is 2. The third-order valence-corrected chi connectivity index (χ3v) is 3.93. The van der Waals surface area contributed by atoms with Crippen LogP contribution in [-0.4, -0.2) is 43.6 Å². The van der Waals surface area contributed by atoms with Crippen molar-refractivity contribution >= 4 is 11.9 Å². The van der Waals surface area contributed by atoms with Crippen LogP contribution in [-0.2, 0) is 16.1 Å². The highest BCUT2D eigenvalue weighted by Gasteiger charge is 2.18. The average molecular weight is 377 g/mol. The number of likely N-dealkylation sites (N-methyl/N-ethyl adjacent to an activating group) is 1. The van der Waals surface area contributed by atoms with E-state index in [1.807, 2.05) is 0 Å². The maximum absolute atomic E-state index is 13.6. The van der Waals surface area contributed by atoms with Crippen LogP contribution in [0.5, 0.6) is 11.5 Å². The van der Waals surface area contributed by atoms with E-state index in [4.69, 9.17) is 14.2 Å². The Morgan fingerprint density at radius 3 is 2.56 bits per heavy atom. The van der Waals surface area contributed by atoms with E-state index >= 15 is 0 Å². The van der Waals surface area contributed by atoms with Crippen molar-refractivity contribution in [3.8, 4) is 11.5 Å². The zero-order valence-corrected chi connectivity index (χ0v) is 14.5. The van der Waals surface area contributed by atoms with Gasteiger partial charge < -0.3 is 19.1 Å². The van der Waals surface area contributed by atoms with Gasteiger partial charge in [-0.1, -0.05) is 6.07 Å². The first-order valence-corrected chi connectivity index (χ1v) is 8.18. The summed E-state index contributed by atoms with van der Waals surface area (Å²) in [6.45, 7) is 0.653. The molecule has 0 N–H and O–H groups in total. The molecule has 0 aromatic heterocycles. The highest BCUT2D eigenvalue weighted by atomic mass is 19.1. The van der Waals surface area contributed by atoms with Gasteiger partial charge in [-0.05, 0) is 29.8 Å². The van der Waals surface area contributed by atoms with Crippen LogP contribution in [0.25, 0.3) is 0 Å². The molecule has 0 saturated carbocycles. The van der Waals surface area contributed by atoms with E-state index in [0.717, 1.165) is 17.7 Å². The molecule has 2 aromatic rings. The van der Waals surface area contributed by atoms with Crippen LogP contribution in [0, 0.1) is 11.6 Å². The first-order valence-electron chi connectivity index (χ1n) is 8.18. The highest BCUT2D eigenvalue weighted by molar-refractivity contribution is 5.91. The Morgan fingerprint density at radius 2 is 1.81 bits per heavy atom. The predicted molar refractivity (Wildman–Crippen MR) is 90.5 cm³/mol. The van der Waals surface area contributed by atoms with E-state index in [0.29, 0.717) is 30.8 Å². The number of rotatable bonds is 5. The topological polar surface area (TPSA) is 65.1 Å². The molecule has 1 aliphatic rings. The normalized spacial score (nSPS) is 12.4. The lowest BCUT2D eigenvalue weighted by Crippen LogP contribution is -2.31. The van der Waals surface area contributed by atoms with Crippen LogP contribution < -0.4 is 9.47 Å². The third kappa shape index (κ3) is 4.52. The third-order valence-electron chi connectivity index (χ3n) is 3.93. The second kappa shape index (κ2) is 8.03. The monoisotopic (exact) mass is 377 g/mol. The van der Waals surface area contributed by atoms with E-state index < -0.39 is 35.7 Å². The van der Waals surface area contributed by atoms with Crippen LogP contribution in [0.2, 0.25) is 0 Å². The molecule has 0 bridgehead atoms. The molecular formula is C19H17F2NO5. The summed E-state index contributed by atoms with van der Waals surface area (Å²) in [7, 11) is 1.55. The molecule has 0 spiro atoms. The molecule has 3 rings (SSSR count). The molecule has 142 valence electrons. The van der Waals surface area contributed by atoms with Gasteiger partial charge in [0.1, 0.15) is 24.8 Å². The fraction of sp³-hybridized carbons (Fsp3) is 0.263. The molecular weight excluding hydrogens is 360 g/mol. The molecule has 8 heteroatoms. The Balaban J connectivity index is 1.55. The summed E-state index contributed by atoms with van der Waals surface area (Å²) >= 11 is 0. The van der Waals surface area contributed by atoms with Gasteiger partial charge in [0.2, 0.25) is 0 Å². The minimum atomic E-state index is -1.04. The quantitative estimate of drug-likeness (QED) is 0.750. The number of amides is 1. The Labute approximate surface area is 154 Å². The van der Waals surface area contributed by atoms with Crippen LogP contribution in [0.4, 0.5) is 8.78 Å². The van der Waals surface area contributed by atoms with Gasteiger partial charge in [0, 0.05) is 19.7 Å². The summed E-state index contributed by atoms with van der Waals surface area (Å²) in [5, 5.41) is 0. The molecule has 0 unspecified atom stereocenters. The smallest absolute Gasteiger partial charge is 0.341 e. The fourth-order valence-corrected chi connectivity index (χ4v) is 2.52. The molecule has 0 saturated heterocycles. The number of nitrogens with zero attached hydrogens (tertiary/aromatic N) is 1. The molecule has 2 aromatic carbocycles. The van der Waals surface area contributed by atoms with Crippen molar-refractivity contribution in [3.05, 3.63) is 59.2 Å². The van der Waals surface area contributed by atoms with Crippen LogP contribution in [0.15, 0.2) is 36.4 Å². The Morgan fingerprint density at radius 1 is 1.07 bits per heavy atom. The van der Waals surface area contributed by atoms with Crippen molar-refractivity contribution < 1.29 is 32.6 Å². The van der Waals surface area contributed by atoms with Gasteiger partial charge in [0.25, 0.3) is 5.91 Å². The molecule has 1 aliphatic heterocycles. The summed E-state index contributed by atoms with van der Waals surface area (Å²) < 4.78 is 42.2. The maximum atomic E-state index is 13.6. The van der Waals surface area contributed by atoms with E-state index in [1.165, 1.54) is 4.90 Å². The summed E-state index contributed by atoms with van der Waals surface area (Å²) in [6, 6.07) is 7.83. The molecule has 0 atom stereocenters. The van der Waals surface area contributed by atoms with Gasteiger partial charge in [-0.25, -0.2) is 13.6 Å². The number of carbonyl (C=O) groups excluding carboxylic acids is 2. The van der Waals surface area contributed by atoms with Crippen molar-refractivity contribution in [2.24, 2.45) is 0 Å². The first kappa shape index (κ1) is 18.6. The molecule has 0 fully saturated rings. The first-order chi connectivity index (χ1) is 12.9. The van der Waals surface area contributed by atoms with E-state index in [2.05, 4.69) is 0 Å². The average Bonchev–Trinajstić information content (AvgIpc) is 2.65. The number of esters is 1. The predicted octanol–water partition coefficient (Wildman–Crippen LogP) is 2.55. The lowest BCUT2D eigenvalue weighted by atomic mass is 10.2. The fourth-order valence-electron chi connectivity index (χ4n) is 2.52.